The van der Waals surface area contributed by atoms with Crippen molar-refractivity contribution in [2.45, 2.75) is 38.1 Å². The molecular weight excluding hydrogens is 342 g/mol. The lowest BCUT2D eigenvalue weighted by Gasteiger charge is -2.46. The summed E-state index contributed by atoms with van der Waals surface area (Å²) in [6, 6.07) is 8.18. The maximum absolute atomic E-state index is 13.4. The molecule has 3 aliphatic rings. The molecule has 27 heavy (non-hydrogen) atoms. The van der Waals surface area contributed by atoms with Gasteiger partial charge in [0.05, 0.1) is 6.54 Å². The number of hydrogen-bond donors (Lipinski definition) is 3. The SMILES string of the molecule is NCc1ccccc1CN1C(=O)N2CCNCC2N=C1N1CCCC(N)C1. The minimum atomic E-state index is -0.139. The predicted molar refractivity (Wildman–Crippen MR) is 105 cm³/mol. The molecule has 2 saturated heterocycles. The van der Waals surface area contributed by atoms with Gasteiger partial charge in [-0.15, -0.1) is 0 Å². The first-order valence-corrected chi connectivity index (χ1v) is 9.81. The van der Waals surface area contributed by atoms with E-state index >= 15 is 0 Å². The average molecular weight is 371 g/mol. The third-order valence-electron chi connectivity index (χ3n) is 5.61. The van der Waals surface area contributed by atoms with Crippen LogP contribution in [0.3, 0.4) is 0 Å². The van der Waals surface area contributed by atoms with Crippen molar-refractivity contribution >= 4 is 12.0 Å². The van der Waals surface area contributed by atoms with Crippen LogP contribution in [0.15, 0.2) is 29.3 Å². The zero-order valence-electron chi connectivity index (χ0n) is 15.7. The first-order chi connectivity index (χ1) is 13.2. The predicted octanol–water partition coefficient (Wildman–Crippen LogP) is 0.0913. The lowest BCUT2D eigenvalue weighted by molar-refractivity contribution is 0.119. The van der Waals surface area contributed by atoms with Gasteiger partial charge < -0.3 is 21.7 Å². The van der Waals surface area contributed by atoms with Crippen molar-refractivity contribution in [2.75, 3.05) is 32.7 Å². The number of nitrogens with zero attached hydrogens (tertiary/aromatic N) is 4. The van der Waals surface area contributed by atoms with Crippen molar-refractivity contribution in [1.82, 2.24) is 20.0 Å². The van der Waals surface area contributed by atoms with Crippen LogP contribution in [0.25, 0.3) is 0 Å². The van der Waals surface area contributed by atoms with E-state index in [2.05, 4.69) is 10.2 Å². The van der Waals surface area contributed by atoms with E-state index in [1.165, 1.54) is 0 Å². The normalized spacial score (nSPS) is 26.1. The van der Waals surface area contributed by atoms with Gasteiger partial charge in [0.2, 0.25) is 5.96 Å². The highest BCUT2D eigenvalue weighted by atomic mass is 16.2. The Hall–Kier alpha value is -2.16. The highest BCUT2D eigenvalue weighted by molar-refractivity contribution is 5.98. The van der Waals surface area contributed by atoms with Crippen LogP contribution in [0, 0.1) is 0 Å². The molecule has 1 aromatic rings. The second kappa shape index (κ2) is 7.84. The molecule has 146 valence electrons. The Morgan fingerprint density at radius 1 is 1.22 bits per heavy atom. The Kier molecular flexibility index (Phi) is 5.29. The molecule has 0 aromatic heterocycles. The fourth-order valence-corrected chi connectivity index (χ4v) is 4.14. The Balaban J connectivity index is 1.67. The zero-order chi connectivity index (χ0) is 18.8. The molecule has 2 unspecified atom stereocenters. The van der Waals surface area contributed by atoms with Crippen LogP contribution in [0.2, 0.25) is 0 Å². The van der Waals surface area contributed by atoms with Gasteiger partial charge >= 0.3 is 6.03 Å². The smallest absolute Gasteiger partial charge is 0.328 e. The number of fused-ring (bicyclic) bond motifs is 1. The number of nitrogens with two attached hydrogens (primary N) is 2. The maximum atomic E-state index is 13.4. The number of piperazine rings is 1. The van der Waals surface area contributed by atoms with Gasteiger partial charge in [-0.25, -0.2) is 9.79 Å². The summed E-state index contributed by atoms with van der Waals surface area (Å²) in [6.07, 6.45) is 1.90. The zero-order valence-corrected chi connectivity index (χ0v) is 15.7. The number of carbonyl (C=O) groups is 1. The summed E-state index contributed by atoms with van der Waals surface area (Å²) in [5, 5.41) is 3.34. The van der Waals surface area contributed by atoms with E-state index in [9.17, 15) is 4.79 Å². The molecule has 0 saturated carbocycles. The Morgan fingerprint density at radius 3 is 2.81 bits per heavy atom. The molecule has 1 aromatic carbocycles. The van der Waals surface area contributed by atoms with E-state index in [0.29, 0.717) is 26.2 Å². The number of piperidine rings is 1. The van der Waals surface area contributed by atoms with Crippen LogP contribution in [0.1, 0.15) is 24.0 Å². The van der Waals surface area contributed by atoms with Gasteiger partial charge in [0.25, 0.3) is 0 Å². The lowest BCUT2D eigenvalue weighted by atomic mass is 10.1. The minimum Gasteiger partial charge on any atom is -0.341 e. The number of likely N-dealkylation sites (tertiary alicyclic amines) is 1. The van der Waals surface area contributed by atoms with E-state index in [1.807, 2.05) is 34.1 Å². The van der Waals surface area contributed by atoms with Gasteiger partial charge in [-0.05, 0) is 24.0 Å². The number of carbonyl (C=O) groups excluding carboxylic acids is 1. The second-order valence-corrected chi connectivity index (χ2v) is 7.50. The number of urea groups is 1. The van der Waals surface area contributed by atoms with Gasteiger partial charge in [0.1, 0.15) is 6.17 Å². The quantitative estimate of drug-likeness (QED) is 0.699. The summed E-state index contributed by atoms with van der Waals surface area (Å²) in [5.41, 5.74) is 14.2. The van der Waals surface area contributed by atoms with E-state index in [1.54, 1.807) is 0 Å². The van der Waals surface area contributed by atoms with E-state index < -0.39 is 0 Å². The molecule has 0 bridgehead atoms. The first-order valence-electron chi connectivity index (χ1n) is 9.81. The molecule has 5 N–H and O–H groups in total. The molecule has 0 spiro atoms. The van der Waals surface area contributed by atoms with Gasteiger partial charge in [-0.2, -0.15) is 0 Å². The topological polar surface area (TPSA) is 103 Å². The van der Waals surface area contributed by atoms with Crippen molar-refractivity contribution in [2.24, 2.45) is 16.5 Å². The Morgan fingerprint density at radius 2 is 2.04 bits per heavy atom. The number of benzene rings is 1. The number of amides is 2. The third kappa shape index (κ3) is 3.65. The fourth-order valence-electron chi connectivity index (χ4n) is 4.14. The summed E-state index contributed by atoms with van der Waals surface area (Å²) in [6.45, 7) is 4.73. The molecule has 2 atom stereocenters. The first kappa shape index (κ1) is 18.2. The monoisotopic (exact) mass is 371 g/mol. The van der Waals surface area contributed by atoms with Crippen LogP contribution >= 0.6 is 0 Å². The molecule has 2 fully saturated rings. The number of guanidine groups is 1. The average Bonchev–Trinajstić information content (AvgIpc) is 2.70. The molecule has 2 amide bonds. The number of hydrogen-bond acceptors (Lipinski definition) is 6. The van der Waals surface area contributed by atoms with Gasteiger partial charge in [0.15, 0.2) is 0 Å². The lowest BCUT2D eigenvalue weighted by Crippen LogP contribution is -2.64. The second-order valence-electron chi connectivity index (χ2n) is 7.50. The number of aliphatic imine (C=N–C) groups is 1. The standard InChI is InChI=1S/C19H29N7O/c20-10-14-4-1-2-5-15(14)12-26-18(24-8-3-6-16(21)13-24)23-17-11-22-7-9-25(17)19(26)27/h1-2,4-5,16-17,22H,3,6-13,20-21H2. The van der Waals surface area contributed by atoms with Gasteiger partial charge in [0, 0.05) is 45.3 Å². The molecule has 8 nitrogen and oxygen atoms in total. The number of nitrogens with one attached hydrogen (secondary N) is 1. The van der Waals surface area contributed by atoms with Crippen molar-refractivity contribution in [3.8, 4) is 0 Å². The van der Waals surface area contributed by atoms with E-state index in [4.69, 9.17) is 16.5 Å². The molecule has 8 heteroatoms. The highest BCUT2D eigenvalue weighted by Gasteiger charge is 2.39. The van der Waals surface area contributed by atoms with E-state index in [-0.39, 0.29) is 18.2 Å². The molecule has 0 radical (unpaired) electrons. The van der Waals surface area contributed by atoms with Crippen molar-refractivity contribution in [3.05, 3.63) is 35.4 Å². The summed E-state index contributed by atoms with van der Waals surface area (Å²) in [4.78, 5) is 24.2. The number of rotatable bonds is 3. The van der Waals surface area contributed by atoms with Gasteiger partial charge in [-0.3, -0.25) is 9.80 Å². The Bertz CT molecular complexity index is 722. The van der Waals surface area contributed by atoms with Crippen LogP contribution in [0.4, 0.5) is 4.79 Å². The summed E-state index contributed by atoms with van der Waals surface area (Å²) in [7, 11) is 0. The largest absolute Gasteiger partial charge is 0.341 e. The van der Waals surface area contributed by atoms with Crippen LogP contribution in [-0.2, 0) is 13.1 Å². The van der Waals surface area contributed by atoms with Crippen LogP contribution < -0.4 is 16.8 Å². The molecule has 3 heterocycles. The third-order valence-corrected chi connectivity index (χ3v) is 5.61. The Labute approximate surface area is 160 Å². The summed E-state index contributed by atoms with van der Waals surface area (Å²) in [5.74, 6) is 0.756. The van der Waals surface area contributed by atoms with Crippen molar-refractivity contribution in [3.63, 3.8) is 0 Å². The van der Waals surface area contributed by atoms with Crippen LogP contribution in [0.5, 0.6) is 0 Å². The molecule has 3 aliphatic heterocycles. The van der Waals surface area contributed by atoms with Crippen LogP contribution in [-0.4, -0.2) is 71.6 Å². The summed E-state index contributed by atoms with van der Waals surface area (Å²) < 4.78 is 0. The van der Waals surface area contributed by atoms with Crippen molar-refractivity contribution < 1.29 is 4.79 Å². The maximum Gasteiger partial charge on any atom is 0.328 e. The van der Waals surface area contributed by atoms with Gasteiger partial charge in [-0.1, -0.05) is 24.3 Å². The highest BCUT2D eigenvalue weighted by Crippen LogP contribution is 2.23. The molecule has 4 rings (SSSR count). The molecular formula is C19H29N7O. The summed E-state index contributed by atoms with van der Waals surface area (Å²) >= 11 is 0. The fraction of sp³-hybridized carbons (Fsp3) is 0.579. The minimum absolute atomic E-state index is 0.0254. The van der Waals surface area contributed by atoms with Crippen molar-refractivity contribution in [1.29, 1.82) is 0 Å². The van der Waals surface area contributed by atoms with E-state index in [0.717, 1.165) is 49.6 Å². The molecule has 0 aliphatic carbocycles.